The smallest absolute Gasteiger partial charge is 0.163 e. The quantitative estimate of drug-likeness (QED) is 0.660. The van der Waals surface area contributed by atoms with Crippen molar-refractivity contribution in [1.82, 2.24) is 4.98 Å². The number of hydrogen-bond acceptors (Lipinski definition) is 1. The summed E-state index contributed by atoms with van der Waals surface area (Å²) in [4.78, 5) is 4.98. The third kappa shape index (κ3) is 3.01. The Bertz CT molecular complexity index is 936. The predicted molar refractivity (Wildman–Crippen MR) is 114 cm³/mol. The van der Waals surface area contributed by atoms with E-state index in [0.29, 0.717) is 0 Å². The minimum atomic E-state index is 0.752. The van der Waals surface area contributed by atoms with E-state index < -0.39 is 0 Å². The van der Waals surface area contributed by atoms with Gasteiger partial charge in [0.05, 0.1) is 5.69 Å². The maximum absolute atomic E-state index is 4.98. The maximum Gasteiger partial charge on any atom is 0.163 e. The molecule has 1 fully saturated rings. The molecule has 0 unspecified atom stereocenters. The van der Waals surface area contributed by atoms with Gasteiger partial charge >= 0.3 is 0 Å². The zero-order valence-electron chi connectivity index (χ0n) is 15.8. The number of hydrogen-bond donors (Lipinski definition) is 0. The molecule has 0 N–H and O–H groups in total. The van der Waals surface area contributed by atoms with Gasteiger partial charge in [-0.05, 0) is 61.3 Å². The van der Waals surface area contributed by atoms with Crippen molar-refractivity contribution in [3.05, 3.63) is 53.1 Å². The van der Waals surface area contributed by atoms with Crippen LogP contribution in [-0.2, 0) is 0 Å². The summed E-state index contributed by atoms with van der Waals surface area (Å²) >= 11 is 0. The zero-order valence-corrected chi connectivity index (χ0v) is 15.8. The van der Waals surface area contributed by atoms with Crippen LogP contribution in [0.5, 0.6) is 0 Å². The topological polar surface area (TPSA) is 12.9 Å². The van der Waals surface area contributed by atoms with E-state index in [-0.39, 0.29) is 0 Å². The Labute approximate surface area is 152 Å². The molecule has 0 saturated heterocycles. The van der Waals surface area contributed by atoms with Crippen molar-refractivity contribution in [2.24, 2.45) is 0 Å². The number of fused-ring (bicyclic) bond motifs is 1. The van der Waals surface area contributed by atoms with Crippen LogP contribution in [0.1, 0.15) is 48.3 Å². The molecule has 0 amide bonds. The first kappa shape index (κ1) is 16.4. The molecule has 0 bridgehead atoms. The second kappa shape index (κ2) is 6.37. The highest BCUT2D eigenvalue weighted by atomic mass is 14.7. The van der Waals surface area contributed by atoms with Gasteiger partial charge in [-0.15, -0.1) is 0 Å². The highest BCUT2D eigenvalue weighted by Gasteiger charge is 2.19. The van der Waals surface area contributed by atoms with E-state index >= 15 is 0 Å². The fourth-order valence-corrected chi connectivity index (χ4v) is 4.43. The van der Waals surface area contributed by atoms with Crippen LogP contribution in [0.3, 0.4) is 0 Å². The van der Waals surface area contributed by atoms with Crippen LogP contribution in [-0.4, -0.2) is 20.7 Å². The summed E-state index contributed by atoms with van der Waals surface area (Å²) in [7, 11) is 4.36. The van der Waals surface area contributed by atoms with Crippen LogP contribution in [0.2, 0.25) is 0 Å². The molecule has 124 valence electrons. The summed E-state index contributed by atoms with van der Waals surface area (Å²) in [5, 5.41) is 2.67. The number of nitrogens with zero attached hydrogens (tertiary/aromatic N) is 1. The van der Waals surface area contributed by atoms with Crippen molar-refractivity contribution >= 4 is 37.5 Å². The first-order valence-electron chi connectivity index (χ1n) is 9.52. The van der Waals surface area contributed by atoms with Crippen LogP contribution in [0.4, 0.5) is 0 Å². The van der Waals surface area contributed by atoms with E-state index in [1.807, 2.05) is 0 Å². The summed E-state index contributed by atoms with van der Waals surface area (Å²) in [5.74, 6) is 0.752. The number of aryl methyl sites for hydroxylation is 2. The van der Waals surface area contributed by atoms with Gasteiger partial charge in [0.15, 0.2) is 7.85 Å². The second-order valence-corrected chi connectivity index (χ2v) is 7.83. The SMILES string of the molecule is Bc1nc(-c2cc(C)cc(C)c2)c2ccc(C3CCCC3)cc2c1B. The van der Waals surface area contributed by atoms with E-state index in [0.717, 1.165) is 17.2 Å². The van der Waals surface area contributed by atoms with Crippen molar-refractivity contribution in [3.8, 4) is 11.3 Å². The Kier molecular flexibility index (Phi) is 4.19. The maximum atomic E-state index is 4.98. The van der Waals surface area contributed by atoms with Gasteiger partial charge in [-0.25, -0.2) is 0 Å². The van der Waals surface area contributed by atoms with Crippen molar-refractivity contribution in [3.63, 3.8) is 0 Å². The molecule has 3 aromatic rings. The molecule has 1 saturated carbocycles. The van der Waals surface area contributed by atoms with Crippen LogP contribution in [0.25, 0.3) is 22.0 Å². The molecule has 2 aromatic carbocycles. The molecular weight excluding hydrogens is 300 g/mol. The average molecular weight is 325 g/mol. The molecular formula is C22H25B2N. The first-order valence-corrected chi connectivity index (χ1v) is 9.52. The van der Waals surface area contributed by atoms with Gasteiger partial charge in [0, 0.05) is 10.9 Å². The van der Waals surface area contributed by atoms with Gasteiger partial charge in [0.1, 0.15) is 7.85 Å². The normalized spacial score (nSPS) is 15.1. The Hall–Kier alpha value is -2.02. The van der Waals surface area contributed by atoms with Gasteiger partial charge in [-0.2, -0.15) is 0 Å². The lowest BCUT2D eigenvalue weighted by Crippen LogP contribution is -2.30. The van der Waals surface area contributed by atoms with E-state index in [9.17, 15) is 0 Å². The number of pyridine rings is 1. The van der Waals surface area contributed by atoms with Crippen LogP contribution in [0.15, 0.2) is 36.4 Å². The molecule has 3 heteroatoms. The van der Waals surface area contributed by atoms with Gasteiger partial charge in [0.25, 0.3) is 0 Å². The fourth-order valence-electron chi connectivity index (χ4n) is 4.43. The van der Waals surface area contributed by atoms with Crippen molar-refractivity contribution < 1.29 is 0 Å². The Morgan fingerprint density at radius 2 is 1.56 bits per heavy atom. The van der Waals surface area contributed by atoms with Gasteiger partial charge in [-0.3, -0.25) is 4.98 Å². The van der Waals surface area contributed by atoms with Crippen LogP contribution in [0, 0.1) is 13.8 Å². The monoisotopic (exact) mass is 325 g/mol. The van der Waals surface area contributed by atoms with Crippen molar-refractivity contribution in [2.45, 2.75) is 45.4 Å². The van der Waals surface area contributed by atoms with E-state index in [1.54, 1.807) is 0 Å². The lowest BCUT2D eigenvalue weighted by Gasteiger charge is -2.16. The van der Waals surface area contributed by atoms with Crippen molar-refractivity contribution in [2.75, 3.05) is 0 Å². The summed E-state index contributed by atoms with van der Waals surface area (Å²) in [6.07, 6.45) is 5.45. The molecule has 1 nitrogen and oxygen atoms in total. The molecule has 1 aromatic heterocycles. The number of aromatic nitrogens is 1. The van der Waals surface area contributed by atoms with Crippen LogP contribution >= 0.6 is 0 Å². The third-order valence-corrected chi connectivity index (χ3v) is 5.85. The van der Waals surface area contributed by atoms with Gasteiger partial charge in [-0.1, -0.05) is 53.7 Å². The molecule has 0 atom stereocenters. The summed E-state index contributed by atoms with van der Waals surface area (Å²) < 4.78 is 0. The summed E-state index contributed by atoms with van der Waals surface area (Å²) in [6, 6.07) is 13.9. The zero-order chi connectivity index (χ0) is 17.6. The lowest BCUT2D eigenvalue weighted by molar-refractivity contribution is 0.724. The summed E-state index contributed by atoms with van der Waals surface area (Å²) in [5.41, 5.74) is 8.94. The predicted octanol–water partition coefficient (Wildman–Crippen LogP) is 2.69. The fraction of sp³-hybridized carbons (Fsp3) is 0.318. The molecule has 0 spiro atoms. The second-order valence-electron chi connectivity index (χ2n) is 7.83. The minimum Gasteiger partial charge on any atom is -0.264 e. The number of rotatable bonds is 2. The average Bonchev–Trinajstić information content (AvgIpc) is 3.11. The Morgan fingerprint density at radius 3 is 2.24 bits per heavy atom. The minimum absolute atomic E-state index is 0.752. The Morgan fingerprint density at radius 1 is 0.880 bits per heavy atom. The highest BCUT2D eigenvalue weighted by Crippen LogP contribution is 2.36. The molecule has 1 heterocycles. The standard InChI is InChI=1S/C22H25B2N/c1-13-9-14(2)11-17(10-13)21-18-8-7-16(15-5-3-4-6-15)12-19(18)20(23)22(24)25-21/h7-12,15H,3-6,23-24H2,1-2H3. The molecule has 1 aliphatic rings. The molecule has 25 heavy (non-hydrogen) atoms. The first-order chi connectivity index (χ1) is 12.0. The molecule has 0 aliphatic heterocycles. The number of benzene rings is 2. The van der Waals surface area contributed by atoms with Gasteiger partial charge in [0.2, 0.25) is 0 Å². The molecule has 4 rings (SSSR count). The lowest BCUT2D eigenvalue weighted by atomic mass is 9.79. The summed E-state index contributed by atoms with van der Waals surface area (Å²) in [6.45, 7) is 4.33. The molecule has 0 radical (unpaired) electrons. The Balaban J connectivity index is 1.94. The van der Waals surface area contributed by atoms with E-state index in [4.69, 9.17) is 4.98 Å². The largest absolute Gasteiger partial charge is 0.264 e. The molecule has 1 aliphatic carbocycles. The van der Waals surface area contributed by atoms with Gasteiger partial charge < -0.3 is 0 Å². The highest BCUT2D eigenvalue weighted by molar-refractivity contribution is 6.52. The van der Waals surface area contributed by atoms with Crippen molar-refractivity contribution in [1.29, 1.82) is 0 Å². The van der Waals surface area contributed by atoms with E-state index in [1.165, 1.54) is 64.2 Å². The third-order valence-electron chi connectivity index (χ3n) is 5.85. The van der Waals surface area contributed by atoms with E-state index in [2.05, 4.69) is 65.9 Å². The van der Waals surface area contributed by atoms with Crippen LogP contribution < -0.4 is 11.1 Å².